The third-order valence-electron chi connectivity index (χ3n) is 5.26. The fraction of sp³-hybridized carbons (Fsp3) is 0.111. The molecule has 1 heterocycles. The van der Waals surface area contributed by atoms with E-state index in [1.807, 2.05) is 60.7 Å². The van der Waals surface area contributed by atoms with Gasteiger partial charge in [-0.3, -0.25) is 4.79 Å². The van der Waals surface area contributed by atoms with E-state index in [0.29, 0.717) is 17.4 Å². The fourth-order valence-corrected chi connectivity index (χ4v) is 3.68. The molecule has 34 heavy (non-hydrogen) atoms. The number of ether oxygens (including phenoxy) is 2. The maximum absolute atomic E-state index is 12.2. The summed E-state index contributed by atoms with van der Waals surface area (Å²) in [6.07, 6.45) is 4.94. The van der Waals surface area contributed by atoms with Crippen molar-refractivity contribution in [1.82, 2.24) is 15.3 Å². The summed E-state index contributed by atoms with van der Waals surface area (Å²) < 4.78 is 10.8. The highest BCUT2D eigenvalue weighted by molar-refractivity contribution is 6.32. The molecule has 6 nitrogen and oxygen atoms in total. The summed E-state index contributed by atoms with van der Waals surface area (Å²) >= 11 is 6.12. The van der Waals surface area contributed by atoms with E-state index < -0.39 is 0 Å². The van der Waals surface area contributed by atoms with E-state index in [9.17, 15) is 4.79 Å². The first-order chi connectivity index (χ1) is 16.6. The number of H-pyrrole nitrogens is 1. The number of nitrogens with one attached hydrogen (secondary N) is 2. The van der Waals surface area contributed by atoms with Crippen molar-refractivity contribution in [3.63, 3.8) is 0 Å². The Balaban J connectivity index is 1.46. The van der Waals surface area contributed by atoms with E-state index in [-0.39, 0.29) is 5.91 Å². The molecule has 0 aliphatic rings. The van der Waals surface area contributed by atoms with Crippen LogP contribution in [0.3, 0.4) is 0 Å². The molecule has 0 bridgehead atoms. The van der Waals surface area contributed by atoms with Crippen LogP contribution in [0.5, 0.6) is 11.5 Å². The van der Waals surface area contributed by atoms with E-state index >= 15 is 0 Å². The molecule has 4 aromatic rings. The second kappa shape index (κ2) is 10.7. The van der Waals surface area contributed by atoms with Gasteiger partial charge in [0.05, 0.1) is 26.1 Å². The summed E-state index contributed by atoms with van der Waals surface area (Å²) in [4.78, 5) is 20.1. The summed E-state index contributed by atoms with van der Waals surface area (Å²) in [5, 5.41) is 3.50. The molecule has 0 unspecified atom stereocenters. The zero-order valence-corrected chi connectivity index (χ0v) is 19.6. The Morgan fingerprint density at radius 1 is 1.06 bits per heavy atom. The molecule has 0 atom stereocenters. The van der Waals surface area contributed by atoms with Crippen molar-refractivity contribution in [3.8, 4) is 34.1 Å². The van der Waals surface area contributed by atoms with Crippen LogP contribution in [0.2, 0.25) is 5.02 Å². The molecule has 7 heteroatoms. The second-order valence-electron chi connectivity index (χ2n) is 7.48. The van der Waals surface area contributed by atoms with Crippen molar-refractivity contribution in [1.29, 1.82) is 0 Å². The van der Waals surface area contributed by atoms with Gasteiger partial charge >= 0.3 is 0 Å². The Morgan fingerprint density at radius 2 is 1.91 bits per heavy atom. The number of amides is 1. The molecular formula is C27H24ClN3O3. The third-order valence-corrected chi connectivity index (χ3v) is 5.60. The van der Waals surface area contributed by atoms with E-state index in [4.69, 9.17) is 21.1 Å². The zero-order valence-electron chi connectivity index (χ0n) is 18.8. The lowest BCUT2D eigenvalue weighted by atomic mass is 10.1. The average Bonchev–Trinajstić information content (AvgIpc) is 3.37. The lowest BCUT2D eigenvalue weighted by molar-refractivity contribution is -0.116. The van der Waals surface area contributed by atoms with Crippen LogP contribution in [0.4, 0.5) is 0 Å². The second-order valence-corrected chi connectivity index (χ2v) is 7.89. The molecular weight excluding hydrogens is 450 g/mol. The minimum absolute atomic E-state index is 0.198. The Hall–Kier alpha value is -4.03. The quantitative estimate of drug-likeness (QED) is 0.320. The van der Waals surface area contributed by atoms with Gasteiger partial charge in [0, 0.05) is 28.8 Å². The number of aromatic nitrogens is 2. The molecule has 0 fully saturated rings. The monoisotopic (exact) mass is 473 g/mol. The molecule has 2 N–H and O–H groups in total. The molecule has 4 rings (SSSR count). The van der Waals surface area contributed by atoms with E-state index in [0.717, 1.165) is 39.4 Å². The minimum Gasteiger partial charge on any atom is -0.497 e. The number of methoxy groups -OCH3 is 2. The van der Waals surface area contributed by atoms with Crippen LogP contribution in [0.1, 0.15) is 11.1 Å². The van der Waals surface area contributed by atoms with Gasteiger partial charge in [-0.1, -0.05) is 48.0 Å². The molecule has 1 aromatic heterocycles. The van der Waals surface area contributed by atoms with Gasteiger partial charge in [0.1, 0.15) is 17.3 Å². The fourth-order valence-electron chi connectivity index (χ4n) is 3.48. The molecule has 172 valence electrons. The zero-order chi connectivity index (χ0) is 23.9. The molecule has 1 amide bonds. The number of halogens is 1. The van der Waals surface area contributed by atoms with E-state index in [1.165, 1.54) is 6.08 Å². The van der Waals surface area contributed by atoms with Crippen molar-refractivity contribution >= 4 is 23.6 Å². The highest BCUT2D eigenvalue weighted by Crippen LogP contribution is 2.33. The van der Waals surface area contributed by atoms with E-state index in [1.54, 1.807) is 32.6 Å². The predicted octanol–water partition coefficient (Wildman–Crippen LogP) is 5.74. The van der Waals surface area contributed by atoms with Gasteiger partial charge in [-0.2, -0.15) is 0 Å². The largest absolute Gasteiger partial charge is 0.497 e. The average molecular weight is 474 g/mol. The lowest BCUT2D eigenvalue weighted by Gasteiger charge is -2.09. The maximum atomic E-state index is 12.2. The van der Waals surface area contributed by atoms with Crippen LogP contribution < -0.4 is 14.8 Å². The first kappa shape index (κ1) is 23.1. The number of hydrogen-bond acceptors (Lipinski definition) is 4. The van der Waals surface area contributed by atoms with Crippen LogP contribution in [0.25, 0.3) is 28.7 Å². The molecule has 3 aromatic carbocycles. The summed E-state index contributed by atoms with van der Waals surface area (Å²) in [7, 11) is 3.25. The van der Waals surface area contributed by atoms with Crippen LogP contribution in [-0.4, -0.2) is 30.1 Å². The Bertz CT molecular complexity index is 1330. The molecule has 0 spiro atoms. The summed E-state index contributed by atoms with van der Waals surface area (Å²) in [6.45, 7) is 0.386. The maximum Gasteiger partial charge on any atom is 0.244 e. The molecule has 0 radical (unpaired) electrons. The van der Waals surface area contributed by atoms with Crippen molar-refractivity contribution < 1.29 is 14.3 Å². The minimum atomic E-state index is -0.198. The van der Waals surface area contributed by atoms with Crippen LogP contribution in [0.15, 0.2) is 79.0 Å². The van der Waals surface area contributed by atoms with Gasteiger partial charge < -0.3 is 19.8 Å². The molecule has 0 aliphatic carbocycles. The predicted molar refractivity (Wildman–Crippen MR) is 135 cm³/mol. The summed E-state index contributed by atoms with van der Waals surface area (Å²) in [5.41, 5.74) is 4.33. The Kier molecular flexibility index (Phi) is 7.30. The Labute approximate surface area is 203 Å². The number of carbonyl (C=O) groups is 1. The summed E-state index contributed by atoms with van der Waals surface area (Å²) in [6, 6.07) is 20.8. The van der Waals surface area contributed by atoms with Crippen molar-refractivity contribution in [3.05, 3.63) is 95.2 Å². The van der Waals surface area contributed by atoms with Gasteiger partial charge in [0.25, 0.3) is 0 Å². The van der Waals surface area contributed by atoms with Crippen molar-refractivity contribution in [2.24, 2.45) is 0 Å². The van der Waals surface area contributed by atoms with Crippen LogP contribution in [0, 0.1) is 0 Å². The summed E-state index contributed by atoms with van der Waals surface area (Å²) in [5.74, 6) is 1.97. The van der Waals surface area contributed by atoms with Crippen molar-refractivity contribution in [2.45, 2.75) is 6.54 Å². The Morgan fingerprint density at radius 3 is 2.71 bits per heavy atom. The normalized spacial score (nSPS) is 10.9. The van der Waals surface area contributed by atoms with Crippen molar-refractivity contribution in [2.75, 3.05) is 14.2 Å². The molecule has 0 aliphatic heterocycles. The van der Waals surface area contributed by atoms with Gasteiger partial charge in [-0.05, 0) is 47.5 Å². The highest BCUT2D eigenvalue weighted by atomic mass is 35.5. The van der Waals surface area contributed by atoms with Gasteiger partial charge in [0.2, 0.25) is 5.91 Å². The first-order valence-electron chi connectivity index (χ1n) is 10.6. The van der Waals surface area contributed by atoms with E-state index in [2.05, 4.69) is 15.3 Å². The standard InChI is InChI=1S/C27H24ClN3O3/c1-33-21-11-12-25(34-2)22(15-21)24-17-30-27(31-24)20-8-5-6-18(14-20)16-29-26(32)13-10-19-7-3-4-9-23(19)28/h3-15,17H,16H2,1-2H3,(H,29,32)(H,30,31). The number of benzene rings is 3. The lowest BCUT2D eigenvalue weighted by Crippen LogP contribution is -2.20. The highest BCUT2D eigenvalue weighted by Gasteiger charge is 2.12. The topological polar surface area (TPSA) is 76.2 Å². The smallest absolute Gasteiger partial charge is 0.244 e. The number of nitrogens with zero attached hydrogens (tertiary/aromatic N) is 1. The van der Waals surface area contributed by atoms with Crippen LogP contribution in [-0.2, 0) is 11.3 Å². The number of hydrogen-bond donors (Lipinski definition) is 2. The SMILES string of the molecule is COc1ccc(OC)c(-c2cnc(-c3cccc(CNC(=O)C=Cc4ccccc4Cl)c3)[nH]2)c1. The third kappa shape index (κ3) is 5.47. The number of rotatable bonds is 8. The van der Waals surface area contributed by atoms with Gasteiger partial charge in [0.15, 0.2) is 0 Å². The number of imidazole rings is 1. The number of carbonyl (C=O) groups excluding carboxylic acids is 1. The molecule has 0 saturated heterocycles. The number of aromatic amines is 1. The first-order valence-corrected chi connectivity index (χ1v) is 11.0. The van der Waals surface area contributed by atoms with Gasteiger partial charge in [-0.15, -0.1) is 0 Å². The van der Waals surface area contributed by atoms with Gasteiger partial charge in [-0.25, -0.2) is 4.98 Å². The molecule has 0 saturated carbocycles. The van der Waals surface area contributed by atoms with Crippen LogP contribution >= 0.6 is 11.6 Å².